The van der Waals surface area contributed by atoms with Gasteiger partial charge < -0.3 is 4.74 Å². The van der Waals surface area contributed by atoms with Gasteiger partial charge in [-0.25, -0.2) is 0 Å². The van der Waals surface area contributed by atoms with Crippen molar-refractivity contribution in [3.8, 4) is 0 Å². The fraction of sp³-hybridized carbons (Fsp3) is 0.571. The van der Waals surface area contributed by atoms with Crippen molar-refractivity contribution in [3.63, 3.8) is 0 Å². The van der Waals surface area contributed by atoms with Gasteiger partial charge in [0.15, 0.2) is 0 Å². The van der Waals surface area contributed by atoms with Gasteiger partial charge in [-0.1, -0.05) is 51.1 Å². The van der Waals surface area contributed by atoms with E-state index in [-0.39, 0.29) is 11.0 Å². The van der Waals surface area contributed by atoms with Crippen LogP contribution >= 0.6 is 0 Å². The quantitative estimate of drug-likeness (QED) is 0.725. The van der Waals surface area contributed by atoms with Gasteiger partial charge in [0, 0.05) is 0 Å². The monoisotopic (exact) mass is 206 g/mol. The van der Waals surface area contributed by atoms with Crippen molar-refractivity contribution >= 4 is 0 Å². The lowest BCUT2D eigenvalue weighted by Gasteiger charge is -2.38. The smallest absolute Gasteiger partial charge is 0.0724 e. The summed E-state index contributed by atoms with van der Waals surface area (Å²) in [4.78, 5) is 0. The molecule has 1 aromatic rings. The number of hydrogen-bond donors (Lipinski definition) is 0. The normalized spacial score (nSPS) is 12.9. The first-order chi connectivity index (χ1) is 6.83. The van der Waals surface area contributed by atoms with Crippen LogP contribution in [0.3, 0.4) is 0 Å². The minimum Gasteiger partial charge on any atom is -0.370 e. The standard InChI is InChI=1S/C14H22O/c1-13(2,3)14(4,5)15-11-12-9-7-6-8-10-12/h6-10H,11H2,1-5H3. The molecule has 1 aromatic carbocycles. The van der Waals surface area contributed by atoms with Crippen LogP contribution < -0.4 is 0 Å². The lowest BCUT2D eigenvalue weighted by molar-refractivity contribution is -0.0996. The van der Waals surface area contributed by atoms with Crippen molar-refractivity contribution in [2.75, 3.05) is 0 Å². The van der Waals surface area contributed by atoms with Gasteiger partial charge >= 0.3 is 0 Å². The molecule has 0 heterocycles. The zero-order valence-electron chi connectivity index (χ0n) is 10.5. The van der Waals surface area contributed by atoms with Gasteiger partial charge in [0.2, 0.25) is 0 Å². The Bertz CT molecular complexity index is 293. The molecule has 84 valence electrons. The third-order valence-corrected chi connectivity index (χ3v) is 3.25. The predicted octanol–water partition coefficient (Wildman–Crippen LogP) is 4.03. The first-order valence-corrected chi connectivity index (χ1v) is 5.51. The van der Waals surface area contributed by atoms with Gasteiger partial charge in [-0.3, -0.25) is 0 Å². The molecule has 0 saturated heterocycles. The zero-order chi connectivity index (χ0) is 11.5. The van der Waals surface area contributed by atoms with E-state index in [1.165, 1.54) is 5.56 Å². The van der Waals surface area contributed by atoms with E-state index in [1.807, 2.05) is 18.2 Å². The molecule has 0 spiro atoms. The third-order valence-electron chi connectivity index (χ3n) is 3.25. The molecule has 0 fully saturated rings. The maximum absolute atomic E-state index is 5.98. The van der Waals surface area contributed by atoms with E-state index in [1.54, 1.807) is 0 Å². The Kier molecular flexibility index (Phi) is 3.56. The molecule has 0 aromatic heterocycles. The highest BCUT2D eigenvalue weighted by atomic mass is 16.5. The molecule has 0 amide bonds. The molecule has 0 aliphatic heterocycles. The Morgan fingerprint density at radius 1 is 0.933 bits per heavy atom. The molecule has 0 N–H and O–H groups in total. The Morgan fingerprint density at radius 2 is 1.47 bits per heavy atom. The number of ether oxygens (including phenoxy) is 1. The molecule has 0 saturated carbocycles. The van der Waals surface area contributed by atoms with Crippen LogP contribution in [0.4, 0.5) is 0 Å². The minimum atomic E-state index is -0.108. The van der Waals surface area contributed by atoms with Crippen LogP contribution in [0, 0.1) is 5.41 Å². The summed E-state index contributed by atoms with van der Waals surface area (Å²) in [6, 6.07) is 10.3. The summed E-state index contributed by atoms with van der Waals surface area (Å²) in [7, 11) is 0. The van der Waals surface area contributed by atoms with E-state index in [2.05, 4.69) is 46.8 Å². The number of benzene rings is 1. The summed E-state index contributed by atoms with van der Waals surface area (Å²) in [5.41, 5.74) is 1.28. The first kappa shape index (κ1) is 12.3. The van der Waals surface area contributed by atoms with Gasteiger partial charge in [0.25, 0.3) is 0 Å². The lowest BCUT2D eigenvalue weighted by Crippen LogP contribution is -2.39. The third kappa shape index (κ3) is 3.35. The van der Waals surface area contributed by atoms with Gasteiger partial charge in [-0.15, -0.1) is 0 Å². The van der Waals surface area contributed by atoms with Crippen LogP contribution in [0.1, 0.15) is 40.2 Å². The average molecular weight is 206 g/mol. The lowest BCUT2D eigenvalue weighted by atomic mass is 9.79. The molecule has 0 aliphatic carbocycles. The summed E-state index contributed by atoms with van der Waals surface area (Å²) in [5, 5.41) is 0. The van der Waals surface area contributed by atoms with Crippen molar-refractivity contribution in [1.29, 1.82) is 0 Å². The highest BCUT2D eigenvalue weighted by Gasteiger charge is 2.33. The second-order valence-corrected chi connectivity index (χ2v) is 5.53. The average Bonchev–Trinajstić information content (AvgIpc) is 2.15. The molecule has 15 heavy (non-hydrogen) atoms. The SMILES string of the molecule is CC(C)(C)C(C)(C)OCc1ccccc1. The van der Waals surface area contributed by atoms with E-state index >= 15 is 0 Å². The largest absolute Gasteiger partial charge is 0.370 e. The van der Waals surface area contributed by atoms with Gasteiger partial charge in [0.1, 0.15) is 0 Å². The molecule has 0 atom stereocenters. The molecule has 1 heteroatoms. The van der Waals surface area contributed by atoms with Crippen molar-refractivity contribution in [3.05, 3.63) is 35.9 Å². The van der Waals surface area contributed by atoms with Gasteiger partial charge in [0.05, 0.1) is 12.2 Å². The predicted molar refractivity (Wildman–Crippen MR) is 64.8 cm³/mol. The fourth-order valence-corrected chi connectivity index (χ4v) is 1.05. The molecule has 0 bridgehead atoms. The van der Waals surface area contributed by atoms with Crippen molar-refractivity contribution in [1.82, 2.24) is 0 Å². The van der Waals surface area contributed by atoms with Crippen molar-refractivity contribution in [2.45, 2.75) is 46.8 Å². The first-order valence-electron chi connectivity index (χ1n) is 5.51. The fourth-order valence-electron chi connectivity index (χ4n) is 1.05. The molecule has 0 radical (unpaired) electrons. The Balaban J connectivity index is 2.58. The maximum Gasteiger partial charge on any atom is 0.0724 e. The van der Waals surface area contributed by atoms with Gasteiger partial charge in [-0.2, -0.15) is 0 Å². The topological polar surface area (TPSA) is 9.23 Å². The van der Waals surface area contributed by atoms with E-state index in [4.69, 9.17) is 4.74 Å². The van der Waals surface area contributed by atoms with Crippen LogP contribution in [0.2, 0.25) is 0 Å². The van der Waals surface area contributed by atoms with Crippen molar-refractivity contribution in [2.24, 2.45) is 5.41 Å². The summed E-state index contributed by atoms with van der Waals surface area (Å²) < 4.78 is 5.98. The second kappa shape index (κ2) is 4.36. The summed E-state index contributed by atoms with van der Waals surface area (Å²) in [6.07, 6.45) is 0. The molecule has 0 unspecified atom stereocenters. The Hall–Kier alpha value is -0.820. The van der Waals surface area contributed by atoms with Gasteiger partial charge in [-0.05, 0) is 24.8 Å². The highest BCUT2D eigenvalue weighted by molar-refractivity contribution is 5.13. The van der Waals surface area contributed by atoms with E-state index < -0.39 is 0 Å². The summed E-state index contributed by atoms with van der Waals surface area (Å²) in [5.74, 6) is 0. The molecular weight excluding hydrogens is 184 g/mol. The molecule has 1 nitrogen and oxygen atoms in total. The van der Waals surface area contributed by atoms with E-state index in [0.29, 0.717) is 6.61 Å². The summed E-state index contributed by atoms with van der Waals surface area (Å²) in [6.45, 7) is 11.6. The van der Waals surface area contributed by atoms with Crippen LogP contribution in [-0.2, 0) is 11.3 Å². The number of rotatable bonds is 3. The number of hydrogen-bond acceptors (Lipinski definition) is 1. The van der Waals surface area contributed by atoms with Crippen LogP contribution in [0.15, 0.2) is 30.3 Å². The molecule has 0 aliphatic rings. The van der Waals surface area contributed by atoms with E-state index in [9.17, 15) is 0 Å². The van der Waals surface area contributed by atoms with Crippen molar-refractivity contribution < 1.29 is 4.74 Å². The molecule has 1 rings (SSSR count). The molecular formula is C14H22O. The summed E-state index contributed by atoms with van der Waals surface area (Å²) >= 11 is 0. The Labute approximate surface area is 93.5 Å². The van der Waals surface area contributed by atoms with Crippen LogP contribution in [0.25, 0.3) is 0 Å². The van der Waals surface area contributed by atoms with Crippen LogP contribution in [0.5, 0.6) is 0 Å². The minimum absolute atomic E-state index is 0.108. The zero-order valence-corrected chi connectivity index (χ0v) is 10.5. The van der Waals surface area contributed by atoms with Crippen LogP contribution in [-0.4, -0.2) is 5.60 Å². The second-order valence-electron chi connectivity index (χ2n) is 5.53. The maximum atomic E-state index is 5.98. The van der Waals surface area contributed by atoms with E-state index in [0.717, 1.165) is 0 Å². The highest BCUT2D eigenvalue weighted by Crippen LogP contribution is 2.33. The Morgan fingerprint density at radius 3 is 1.93 bits per heavy atom.